The lowest BCUT2D eigenvalue weighted by Gasteiger charge is -2.34. The summed E-state index contributed by atoms with van der Waals surface area (Å²) in [5, 5.41) is -1.46. The summed E-state index contributed by atoms with van der Waals surface area (Å²) in [6.07, 6.45) is -1.21. The first-order chi connectivity index (χ1) is 21.8. The van der Waals surface area contributed by atoms with Crippen molar-refractivity contribution in [2.75, 3.05) is 19.6 Å². The van der Waals surface area contributed by atoms with Crippen molar-refractivity contribution in [2.24, 2.45) is 17.8 Å². The largest absolute Gasteiger partial charge is 0.507 e. The highest BCUT2D eigenvalue weighted by atomic mass is 19.4. The second-order valence-electron chi connectivity index (χ2n) is 13.3. The first-order valence-corrected chi connectivity index (χ1v) is 16.3. The van der Waals surface area contributed by atoms with Gasteiger partial charge in [-0.3, -0.25) is 19.5 Å². The molecule has 1 heterocycles. The van der Waals surface area contributed by atoms with E-state index in [0.717, 1.165) is 36.9 Å². The molecular weight excluding hydrogens is 625 g/mol. The predicted molar refractivity (Wildman–Crippen MR) is 181 cm³/mol. The third-order valence-electron chi connectivity index (χ3n) is 9.18. The van der Waals surface area contributed by atoms with Gasteiger partial charge >= 0.3 is 6.18 Å². The average molecular weight is 674 g/mol. The zero-order valence-corrected chi connectivity index (χ0v) is 28.2. The standard InChI is InChI=1S/C35H45B2F5N2O3.CH4/c1-7-15-44(20-21(3)45)16-14-23(8-2)26-12-13-27(32(26)25-10-9-11-31(22(25)4)47-34(6,36)37)30(46)18-29-28(33(5,38)39)17-24(19-43-29)35(40,41)42;/h9-11,17,19,23,26-27,32H,7-8,12-16,18,20H2,1-6H3;1H4/t23?,26-,27?,32+;/m1./s1. The lowest BCUT2D eigenvalue weighted by Crippen LogP contribution is -2.34. The number of ether oxygens (including phenoxy) is 1. The van der Waals surface area contributed by atoms with Crippen LogP contribution in [0.5, 0.6) is 5.75 Å². The topological polar surface area (TPSA) is 59.5 Å². The van der Waals surface area contributed by atoms with E-state index < -0.39 is 41.0 Å². The molecule has 1 saturated carbocycles. The molecule has 0 amide bonds. The molecule has 1 aliphatic carbocycles. The fraction of sp³-hybridized carbons (Fsp3) is 0.639. The van der Waals surface area contributed by atoms with E-state index in [2.05, 4.69) is 23.7 Å². The number of Topliss-reactive ketones (excluding diaryl/α,β-unsaturated/α-hetero) is 2. The number of aromatic nitrogens is 1. The summed E-state index contributed by atoms with van der Waals surface area (Å²) in [7, 11) is 11.9. The Morgan fingerprint density at radius 3 is 2.29 bits per heavy atom. The van der Waals surface area contributed by atoms with Gasteiger partial charge in [-0.15, -0.1) is 0 Å². The van der Waals surface area contributed by atoms with E-state index in [9.17, 15) is 31.5 Å². The molecule has 4 atom stereocenters. The van der Waals surface area contributed by atoms with E-state index in [1.54, 1.807) is 19.1 Å². The maximum atomic E-state index is 14.6. The number of pyridine rings is 1. The Balaban J connectivity index is 0.00000800. The SMILES string of the molecule is C.[B]C([B])(C)Oc1cccc([C@@H]2C(C(=O)Cc3ncc(C(F)(F)F)cc3C(C)(F)F)CC[C@@H]2C(CC)CCN(CCC)CC(C)=O)c1C. The van der Waals surface area contributed by atoms with Crippen LogP contribution in [0.4, 0.5) is 22.0 Å². The quantitative estimate of drug-likeness (QED) is 0.133. The van der Waals surface area contributed by atoms with E-state index in [0.29, 0.717) is 50.9 Å². The Morgan fingerprint density at radius 2 is 1.75 bits per heavy atom. The van der Waals surface area contributed by atoms with Gasteiger partial charge in [0.2, 0.25) is 0 Å². The van der Waals surface area contributed by atoms with Gasteiger partial charge in [-0.2, -0.15) is 13.2 Å². The first kappa shape index (κ1) is 41.4. The molecular formula is C36H49B2F5N2O3. The summed E-state index contributed by atoms with van der Waals surface area (Å²) in [4.78, 5) is 31.9. The van der Waals surface area contributed by atoms with Gasteiger partial charge in [0.05, 0.1) is 17.8 Å². The third kappa shape index (κ3) is 10.9. The van der Waals surface area contributed by atoms with Crippen LogP contribution in [0.25, 0.3) is 0 Å². The minimum Gasteiger partial charge on any atom is -0.507 e. The molecule has 48 heavy (non-hydrogen) atoms. The molecule has 4 radical (unpaired) electrons. The number of carbonyl (C=O) groups is 2. The fourth-order valence-electron chi connectivity index (χ4n) is 7.14. The predicted octanol–water partition coefficient (Wildman–Crippen LogP) is 8.19. The number of hydrogen-bond acceptors (Lipinski definition) is 5. The minimum atomic E-state index is -4.86. The number of ketones is 2. The summed E-state index contributed by atoms with van der Waals surface area (Å²) in [6, 6.07) is 5.84. The van der Waals surface area contributed by atoms with Crippen LogP contribution < -0.4 is 4.74 Å². The molecule has 1 aromatic carbocycles. The van der Waals surface area contributed by atoms with Crippen LogP contribution >= 0.6 is 0 Å². The van der Waals surface area contributed by atoms with Crippen molar-refractivity contribution >= 4 is 27.3 Å². The number of benzene rings is 1. The number of alkyl halides is 5. The highest BCUT2D eigenvalue weighted by Gasteiger charge is 2.45. The number of hydrogen-bond donors (Lipinski definition) is 0. The van der Waals surface area contributed by atoms with Gasteiger partial charge in [0.15, 0.2) is 0 Å². The highest BCUT2D eigenvalue weighted by molar-refractivity contribution is 6.38. The van der Waals surface area contributed by atoms with Gasteiger partial charge < -0.3 is 4.74 Å². The Labute approximate surface area is 285 Å². The van der Waals surface area contributed by atoms with Crippen LogP contribution in [0, 0.1) is 24.7 Å². The van der Waals surface area contributed by atoms with Crippen molar-refractivity contribution < 1.29 is 36.3 Å². The number of rotatable bonds is 16. The number of nitrogens with zero attached hydrogens (tertiary/aromatic N) is 2. The molecule has 12 heteroatoms. The van der Waals surface area contributed by atoms with Gasteiger partial charge in [0, 0.05) is 36.4 Å². The van der Waals surface area contributed by atoms with Crippen LogP contribution in [-0.2, 0) is 28.1 Å². The van der Waals surface area contributed by atoms with Crippen molar-refractivity contribution in [3.8, 4) is 5.75 Å². The van der Waals surface area contributed by atoms with Gasteiger partial charge in [-0.05, 0) is 101 Å². The van der Waals surface area contributed by atoms with Gasteiger partial charge in [-0.25, -0.2) is 8.78 Å². The smallest absolute Gasteiger partial charge is 0.417 e. The van der Waals surface area contributed by atoms with Crippen LogP contribution in [-0.4, -0.2) is 62.2 Å². The van der Waals surface area contributed by atoms with Crippen molar-refractivity contribution in [2.45, 2.75) is 111 Å². The molecule has 262 valence electrons. The molecule has 0 saturated heterocycles. The summed E-state index contributed by atoms with van der Waals surface area (Å²) in [6.45, 7) is 11.4. The summed E-state index contributed by atoms with van der Waals surface area (Å²) in [5.74, 6) is -4.19. The van der Waals surface area contributed by atoms with Crippen LogP contribution in [0.2, 0.25) is 0 Å². The van der Waals surface area contributed by atoms with E-state index in [4.69, 9.17) is 20.4 Å². The van der Waals surface area contributed by atoms with Crippen molar-refractivity contribution in [3.05, 3.63) is 58.4 Å². The zero-order valence-electron chi connectivity index (χ0n) is 28.2. The van der Waals surface area contributed by atoms with E-state index in [1.165, 1.54) is 6.92 Å². The molecule has 0 N–H and O–H groups in total. The Kier molecular flexibility index (Phi) is 14.5. The van der Waals surface area contributed by atoms with Crippen LogP contribution in [0.1, 0.15) is 108 Å². The monoisotopic (exact) mass is 674 g/mol. The molecule has 3 rings (SSSR count). The molecule has 2 unspecified atom stereocenters. The van der Waals surface area contributed by atoms with Crippen molar-refractivity contribution in [3.63, 3.8) is 0 Å². The zero-order chi connectivity index (χ0) is 35.3. The lowest BCUT2D eigenvalue weighted by atomic mass is 9.67. The molecule has 2 aromatic rings. The Morgan fingerprint density at radius 1 is 1.08 bits per heavy atom. The second-order valence-corrected chi connectivity index (χ2v) is 13.3. The molecule has 0 bridgehead atoms. The minimum absolute atomic E-state index is 0. The van der Waals surface area contributed by atoms with E-state index in [-0.39, 0.29) is 42.4 Å². The number of carbonyl (C=O) groups excluding carboxylic acids is 2. The summed E-state index contributed by atoms with van der Waals surface area (Å²) in [5.41, 5.74) is -0.967. The van der Waals surface area contributed by atoms with Gasteiger partial charge in [0.25, 0.3) is 5.92 Å². The molecule has 0 aliphatic heterocycles. The Bertz CT molecular complexity index is 1390. The lowest BCUT2D eigenvalue weighted by molar-refractivity contribution is -0.138. The maximum Gasteiger partial charge on any atom is 0.417 e. The summed E-state index contributed by atoms with van der Waals surface area (Å²) >= 11 is 0. The van der Waals surface area contributed by atoms with Crippen molar-refractivity contribution in [1.29, 1.82) is 0 Å². The first-order valence-electron chi connectivity index (χ1n) is 16.3. The maximum absolute atomic E-state index is 14.6. The average Bonchev–Trinajstić information content (AvgIpc) is 3.37. The van der Waals surface area contributed by atoms with Crippen molar-refractivity contribution in [1.82, 2.24) is 9.88 Å². The third-order valence-corrected chi connectivity index (χ3v) is 9.18. The van der Waals surface area contributed by atoms with Gasteiger partial charge in [-0.1, -0.05) is 39.8 Å². The highest BCUT2D eigenvalue weighted by Crippen LogP contribution is 2.51. The number of halogens is 5. The normalized spacial score (nSPS) is 19.2. The van der Waals surface area contributed by atoms with Gasteiger partial charge in [0.1, 0.15) is 33.0 Å². The Hall–Kier alpha value is -2.75. The molecule has 0 spiro atoms. The molecule has 1 fully saturated rings. The molecule has 1 aromatic heterocycles. The fourth-order valence-corrected chi connectivity index (χ4v) is 7.14. The van der Waals surface area contributed by atoms with Crippen LogP contribution in [0.3, 0.4) is 0 Å². The second kappa shape index (κ2) is 16.8. The molecule has 1 aliphatic rings. The van der Waals surface area contributed by atoms with Crippen LogP contribution in [0.15, 0.2) is 30.5 Å². The summed E-state index contributed by atoms with van der Waals surface area (Å²) < 4.78 is 75.2. The van der Waals surface area contributed by atoms with E-state index >= 15 is 0 Å². The van der Waals surface area contributed by atoms with E-state index in [1.807, 2.05) is 13.0 Å². The molecule has 5 nitrogen and oxygen atoms in total.